The lowest BCUT2D eigenvalue weighted by Crippen LogP contribution is -2.30. The normalized spacial score (nSPS) is 14.3. The van der Waals surface area contributed by atoms with Crippen molar-refractivity contribution in [2.45, 2.75) is 497 Å². The van der Waals surface area contributed by atoms with Crippen LogP contribution in [0.1, 0.15) is 479 Å². The number of esters is 4. The zero-order valence-corrected chi connectivity index (χ0v) is 74.7. The Balaban J connectivity index is 5.20. The molecule has 0 saturated heterocycles. The number of carbonyl (C=O) groups excluding carboxylic acids is 4. The summed E-state index contributed by atoms with van der Waals surface area (Å²) in [4.78, 5) is 73.4. The molecule has 0 aliphatic heterocycles. The van der Waals surface area contributed by atoms with Crippen molar-refractivity contribution in [2.24, 2.45) is 23.7 Å². The first-order valence-electron chi connectivity index (χ1n) is 46.8. The standard InChI is InChI=1S/C91H178O17P2/c1-9-83(7)69-61-53-45-39-33-27-20-16-12-14-17-21-28-34-40-46-55-63-71-88(93)101-77-86(107-90(95)73-66-58-48-42-36-30-24-23-26-32-38-44-52-60-68-82(5)6)79-105-109(97,98)103-75-85(92)76-104-110(99,100)106-80-87(78-102-89(94)72-64-56-50-49-54-62-70-84(8)10-2)108-91(96)74-65-57-47-41-35-29-22-18-13-11-15-19-25-31-37-43-51-59-67-81(3)4/h81-87,92H,9-80H2,1-8H3,(H,97,98)(H,99,100)/t83?,84?,85-,86-,87-/m1/s1. The highest BCUT2D eigenvalue weighted by Crippen LogP contribution is 2.45. The smallest absolute Gasteiger partial charge is 0.462 e. The molecule has 0 aliphatic carbocycles. The Hall–Kier alpha value is -1.94. The molecule has 0 rings (SSSR count). The summed E-state index contributed by atoms with van der Waals surface area (Å²) in [5.74, 6) is 1.12. The van der Waals surface area contributed by atoms with E-state index in [1.807, 2.05) is 0 Å². The molecule has 654 valence electrons. The maximum Gasteiger partial charge on any atom is 0.472 e. The second kappa shape index (κ2) is 79.5. The number of hydrogen-bond acceptors (Lipinski definition) is 15. The first-order chi connectivity index (χ1) is 53.2. The van der Waals surface area contributed by atoms with Gasteiger partial charge in [0.05, 0.1) is 26.4 Å². The van der Waals surface area contributed by atoms with Crippen molar-refractivity contribution in [1.82, 2.24) is 0 Å². The quantitative estimate of drug-likeness (QED) is 0.0222. The van der Waals surface area contributed by atoms with Gasteiger partial charge in [-0.3, -0.25) is 37.3 Å². The Morgan fingerprint density at radius 2 is 0.436 bits per heavy atom. The zero-order valence-electron chi connectivity index (χ0n) is 72.9. The fourth-order valence-corrected chi connectivity index (χ4v) is 15.7. The molecule has 0 aromatic rings. The van der Waals surface area contributed by atoms with E-state index in [1.165, 1.54) is 276 Å². The van der Waals surface area contributed by atoms with E-state index in [4.69, 9.17) is 37.0 Å². The number of rotatable bonds is 88. The van der Waals surface area contributed by atoms with Crippen LogP contribution >= 0.6 is 15.6 Å². The van der Waals surface area contributed by atoms with E-state index in [0.717, 1.165) is 120 Å². The van der Waals surface area contributed by atoms with Crippen LogP contribution in [0.5, 0.6) is 0 Å². The van der Waals surface area contributed by atoms with Gasteiger partial charge in [-0.05, 0) is 49.4 Å². The van der Waals surface area contributed by atoms with Crippen LogP contribution in [0.2, 0.25) is 0 Å². The Morgan fingerprint density at radius 1 is 0.255 bits per heavy atom. The van der Waals surface area contributed by atoms with Gasteiger partial charge in [-0.1, -0.05) is 428 Å². The summed E-state index contributed by atoms with van der Waals surface area (Å²) >= 11 is 0. The number of phosphoric ester groups is 2. The molecule has 7 atom stereocenters. The predicted octanol–water partition coefficient (Wildman–Crippen LogP) is 27.9. The van der Waals surface area contributed by atoms with E-state index < -0.39 is 97.5 Å². The maximum atomic E-state index is 13.2. The first kappa shape index (κ1) is 108. The van der Waals surface area contributed by atoms with E-state index in [9.17, 15) is 43.2 Å². The molecule has 0 saturated carbocycles. The largest absolute Gasteiger partial charge is 0.472 e. The van der Waals surface area contributed by atoms with Gasteiger partial charge in [0.25, 0.3) is 0 Å². The van der Waals surface area contributed by atoms with Crippen molar-refractivity contribution in [3.63, 3.8) is 0 Å². The van der Waals surface area contributed by atoms with Gasteiger partial charge >= 0.3 is 39.5 Å². The molecule has 3 N–H and O–H groups in total. The van der Waals surface area contributed by atoms with Crippen molar-refractivity contribution >= 4 is 39.5 Å². The first-order valence-corrected chi connectivity index (χ1v) is 49.8. The SMILES string of the molecule is CCC(C)CCCCCCCCCCCCCCCCCCCCC(=O)OC[C@H](COP(=O)(O)OC[C@@H](O)COP(=O)(O)OC[C@@H](COC(=O)CCCCCCCCC(C)CC)OC(=O)CCCCCCCCCCCCCCCCCCCCC(C)C)OC(=O)CCCCCCCCCCCCCCCCC(C)C. The Morgan fingerprint density at radius 3 is 0.645 bits per heavy atom. The molecule has 0 heterocycles. The fourth-order valence-electron chi connectivity index (χ4n) is 14.1. The van der Waals surface area contributed by atoms with Gasteiger partial charge < -0.3 is 33.8 Å². The molecule has 0 radical (unpaired) electrons. The number of carbonyl (C=O) groups is 4. The second-order valence-corrected chi connectivity index (χ2v) is 37.0. The van der Waals surface area contributed by atoms with Crippen LogP contribution in [-0.2, 0) is 65.4 Å². The van der Waals surface area contributed by atoms with E-state index in [2.05, 4.69) is 55.4 Å². The van der Waals surface area contributed by atoms with Crippen molar-refractivity contribution in [3.8, 4) is 0 Å². The van der Waals surface area contributed by atoms with Gasteiger partial charge in [0, 0.05) is 25.7 Å². The molecule has 17 nitrogen and oxygen atoms in total. The topological polar surface area (TPSA) is 237 Å². The number of phosphoric acid groups is 2. The van der Waals surface area contributed by atoms with Crippen LogP contribution < -0.4 is 0 Å². The molecule has 19 heteroatoms. The zero-order chi connectivity index (χ0) is 80.9. The monoisotopic (exact) mass is 1610 g/mol. The third kappa shape index (κ3) is 81.2. The summed E-state index contributed by atoms with van der Waals surface area (Å²) in [6.45, 7) is 14.4. The van der Waals surface area contributed by atoms with E-state index >= 15 is 0 Å². The van der Waals surface area contributed by atoms with E-state index in [1.54, 1.807) is 0 Å². The molecule has 0 aliphatic rings. The summed E-state index contributed by atoms with van der Waals surface area (Å²) < 4.78 is 69.0. The number of aliphatic hydroxyl groups excluding tert-OH is 1. The van der Waals surface area contributed by atoms with E-state index in [0.29, 0.717) is 25.7 Å². The molecule has 0 aromatic carbocycles. The average Bonchev–Trinajstić information content (AvgIpc) is 0.898. The highest BCUT2D eigenvalue weighted by molar-refractivity contribution is 7.47. The third-order valence-corrected chi connectivity index (χ3v) is 23.9. The average molecular weight is 1610 g/mol. The number of unbranched alkanes of at least 4 members (excludes halogenated alkanes) is 52. The molecule has 0 amide bonds. The minimum atomic E-state index is -4.97. The molecule has 0 spiro atoms. The van der Waals surface area contributed by atoms with Crippen LogP contribution in [0.3, 0.4) is 0 Å². The van der Waals surface area contributed by atoms with Crippen LogP contribution in [0, 0.1) is 23.7 Å². The summed E-state index contributed by atoms with van der Waals surface area (Å²) in [7, 11) is -9.94. The Kier molecular flexibility index (Phi) is 78.1. The van der Waals surface area contributed by atoms with Gasteiger partial charge in [0.2, 0.25) is 0 Å². The summed E-state index contributed by atoms with van der Waals surface area (Å²) in [5.41, 5.74) is 0. The molecule has 0 bridgehead atoms. The van der Waals surface area contributed by atoms with Gasteiger partial charge in [0.15, 0.2) is 12.2 Å². The van der Waals surface area contributed by atoms with Crippen molar-refractivity contribution in [3.05, 3.63) is 0 Å². The van der Waals surface area contributed by atoms with Gasteiger partial charge in [-0.15, -0.1) is 0 Å². The predicted molar refractivity (Wildman–Crippen MR) is 455 cm³/mol. The van der Waals surface area contributed by atoms with Crippen molar-refractivity contribution in [1.29, 1.82) is 0 Å². The van der Waals surface area contributed by atoms with Gasteiger partial charge in [-0.25, -0.2) is 9.13 Å². The molecule has 0 aromatic heterocycles. The van der Waals surface area contributed by atoms with Crippen LogP contribution in [-0.4, -0.2) is 96.7 Å². The highest BCUT2D eigenvalue weighted by Gasteiger charge is 2.31. The molecule has 4 unspecified atom stereocenters. The Bertz CT molecular complexity index is 2130. The Labute approximate surface area is 677 Å². The van der Waals surface area contributed by atoms with Crippen LogP contribution in [0.25, 0.3) is 0 Å². The van der Waals surface area contributed by atoms with Crippen molar-refractivity contribution in [2.75, 3.05) is 39.6 Å². The molecular weight excluding hydrogens is 1430 g/mol. The number of hydrogen-bond donors (Lipinski definition) is 3. The summed E-state index contributed by atoms with van der Waals surface area (Å²) in [5, 5.41) is 10.7. The fraction of sp³-hybridized carbons (Fsp3) is 0.956. The summed E-state index contributed by atoms with van der Waals surface area (Å²) in [6, 6.07) is 0. The second-order valence-electron chi connectivity index (χ2n) is 34.1. The number of ether oxygens (including phenoxy) is 4. The van der Waals surface area contributed by atoms with Crippen LogP contribution in [0.15, 0.2) is 0 Å². The minimum Gasteiger partial charge on any atom is -0.462 e. The minimum absolute atomic E-state index is 0.107. The van der Waals surface area contributed by atoms with E-state index in [-0.39, 0.29) is 25.7 Å². The molecule has 0 fully saturated rings. The lowest BCUT2D eigenvalue weighted by Gasteiger charge is -2.21. The van der Waals surface area contributed by atoms with Gasteiger partial charge in [-0.2, -0.15) is 0 Å². The van der Waals surface area contributed by atoms with Gasteiger partial charge in [0.1, 0.15) is 19.3 Å². The third-order valence-electron chi connectivity index (χ3n) is 22.0. The lowest BCUT2D eigenvalue weighted by molar-refractivity contribution is -0.161. The van der Waals surface area contributed by atoms with Crippen LogP contribution in [0.4, 0.5) is 0 Å². The lowest BCUT2D eigenvalue weighted by atomic mass is 9.99. The maximum absolute atomic E-state index is 13.2. The highest BCUT2D eigenvalue weighted by atomic mass is 31.2. The number of aliphatic hydroxyl groups is 1. The molecular formula is C91H178O17P2. The molecule has 110 heavy (non-hydrogen) atoms. The van der Waals surface area contributed by atoms with Crippen molar-refractivity contribution < 1.29 is 80.2 Å². The summed E-state index contributed by atoms with van der Waals surface area (Å²) in [6.07, 6.45) is 70.9.